The van der Waals surface area contributed by atoms with Gasteiger partial charge in [-0.1, -0.05) is 0 Å². The molecule has 0 aliphatic carbocycles. The lowest BCUT2D eigenvalue weighted by Crippen LogP contribution is -2.02. The van der Waals surface area contributed by atoms with E-state index in [1.54, 1.807) is 0 Å². The number of imidazole rings is 1. The van der Waals surface area contributed by atoms with Crippen molar-refractivity contribution < 1.29 is 0 Å². The zero-order valence-electron chi connectivity index (χ0n) is 7.48. The van der Waals surface area contributed by atoms with Crippen LogP contribution in [-0.4, -0.2) is 15.9 Å². The lowest BCUT2D eigenvalue weighted by molar-refractivity contribution is 0.937. The molecule has 2 heterocycles. The maximum Gasteiger partial charge on any atom is 0.137 e. The van der Waals surface area contributed by atoms with Gasteiger partial charge in [0, 0.05) is 23.3 Å². The second-order valence-electron chi connectivity index (χ2n) is 2.88. The van der Waals surface area contributed by atoms with Gasteiger partial charge in [-0.2, -0.15) is 0 Å². The van der Waals surface area contributed by atoms with E-state index in [1.165, 1.54) is 0 Å². The molecule has 3 nitrogen and oxygen atoms in total. The number of hydrogen-bond acceptors (Lipinski definition) is 2. The second-order valence-corrected chi connectivity index (χ2v) is 3.80. The van der Waals surface area contributed by atoms with Crippen molar-refractivity contribution in [2.45, 2.75) is 6.42 Å². The fraction of sp³-hybridized carbons (Fsp3) is 0.222. The topological polar surface area (TPSA) is 43.3 Å². The van der Waals surface area contributed by atoms with Crippen LogP contribution in [0.25, 0.3) is 5.65 Å². The van der Waals surface area contributed by atoms with Crippen LogP contribution in [0.1, 0.15) is 5.69 Å². The predicted octanol–water partition coefficient (Wildman–Crippen LogP) is 2.02. The highest BCUT2D eigenvalue weighted by Crippen LogP contribution is 2.12. The van der Waals surface area contributed by atoms with Crippen LogP contribution < -0.4 is 5.73 Å². The van der Waals surface area contributed by atoms with Gasteiger partial charge in [0.1, 0.15) is 5.65 Å². The summed E-state index contributed by atoms with van der Waals surface area (Å²) in [4.78, 5) is 4.41. The Kier molecular flexibility index (Phi) is 3.92. The van der Waals surface area contributed by atoms with Crippen molar-refractivity contribution >= 4 is 34.0 Å². The number of nitrogens with two attached hydrogens (primary N) is 1. The van der Waals surface area contributed by atoms with Crippen molar-refractivity contribution in [3.63, 3.8) is 0 Å². The summed E-state index contributed by atoms with van der Waals surface area (Å²) < 4.78 is 3.05. The molecule has 0 radical (unpaired) electrons. The van der Waals surface area contributed by atoms with Gasteiger partial charge in [-0.15, -0.1) is 12.4 Å². The maximum absolute atomic E-state index is 5.45. The minimum absolute atomic E-state index is 0. The van der Waals surface area contributed by atoms with Crippen LogP contribution in [0.4, 0.5) is 0 Å². The van der Waals surface area contributed by atoms with E-state index in [2.05, 4.69) is 20.9 Å². The number of nitrogens with zero attached hydrogens (tertiary/aromatic N) is 2. The Morgan fingerprint density at radius 3 is 2.86 bits per heavy atom. The molecule has 0 fully saturated rings. The summed E-state index contributed by atoms with van der Waals surface area (Å²) in [5.74, 6) is 0. The molecule has 5 heteroatoms. The summed E-state index contributed by atoms with van der Waals surface area (Å²) in [5.41, 5.74) is 7.46. The molecule has 2 aromatic rings. The molecule has 2 N–H and O–H groups in total. The first-order valence-corrected chi connectivity index (χ1v) is 4.92. The van der Waals surface area contributed by atoms with Gasteiger partial charge in [0.2, 0.25) is 0 Å². The first-order chi connectivity index (χ1) is 6.29. The first kappa shape index (κ1) is 11.5. The fourth-order valence-corrected chi connectivity index (χ4v) is 1.64. The SMILES string of the molecule is Cl.NCCc1cn2cc(Br)ccc2n1. The van der Waals surface area contributed by atoms with Gasteiger partial charge in [-0.05, 0) is 34.6 Å². The van der Waals surface area contributed by atoms with Crippen LogP contribution in [0, 0.1) is 0 Å². The van der Waals surface area contributed by atoms with E-state index in [9.17, 15) is 0 Å². The van der Waals surface area contributed by atoms with Crippen LogP contribution in [0.2, 0.25) is 0 Å². The second kappa shape index (κ2) is 4.77. The number of fused-ring (bicyclic) bond motifs is 1. The lowest BCUT2D eigenvalue weighted by Gasteiger charge is -1.91. The van der Waals surface area contributed by atoms with Crippen molar-refractivity contribution in [3.05, 3.63) is 34.7 Å². The molecular weight excluding hydrogens is 265 g/mol. The zero-order valence-corrected chi connectivity index (χ0v) is 9.88. The van der Waals surface area contributed by atoms with E-state index in [-0.39, 0.29) is 12.4 Å². The Morgan fingerprint density at radius 2 is 2.14 bits per heavy atom. The third kappa shape index (κ3) is 2.26. The fourth-order valence-electron chi connectivity index (χ4n) is 1.29. The van der Waals surface area contributed by atoms with E-state index in [1.807, 2.05) is 28.9 Å². The molecule has 0 aliphatic rings. The van der Waals surface area contributed by atoms with Crippen LogP contribution in [0.5, 0.6) is 0 Å². The molecule has 2 rings (SSSR count). The average molecular weight is 277 g/mol. The van der Waals surface area contributed by atoms with Crippen molar-refractivity contribution in [3.8, 4) is 0 Å². The zero-order chi connectivity index (χ0) is 9.26. The third-order valence-corrected chi connectivity index (χ3v) is 2.33. The highest BCUT2D eigenvalue weighted by atomic mass is 79.9. The molecule has 0 aromatic carbocycles. The number of pyridine rings is 1. The molecule has 0 amide bonds. The monoisotopic (exact) mass is 275 g/mol. The Morgan fingerprint density at radius 1 is 1.36 bits per heavy atom. The van der Waals surface area contributed by atoms with Gasteiger partial charge in [-0.25, -0.2) is 4.98 Å². The molecule has 14 heavy (non-hydrogen) atoms. The largest absolute Gasteiger partial charge is 0.330 e. The normalized spacial score (nSPS) is 10.1. The predicted molar refractivity (Wildman–Crippen MR) is 62.9 cm³/mol. The summed E-state index contributed by atoms with van der Waals surface area (Å²) in [7, 11) is 0. The smallest absolute Gasteiger partial charge is 0.137 e. The van der Waals surface area contributed by atoms with Crippen molar-refractivity contribution in [2.75, 3.05) is 6.54 Å². The van der Waals surface area contributed by atoms with E-state index < -0.39 is 0 Å². The van der Waals surface area contributed by atoms with Gasteiger partial charge < -0.3 is 10.1 Å². The van der Waals surface area contributed by atoms with Crippen molar-refractivity contribution in [2.24, 2.45) is 5.73 Å². The Bertz CT molecular complexity index is 427. The first-order valence-electron chi connectivity index (χ1n) is 4.13. The molecule has 0 saturated carbocycles. The Labute approximate surface area is 96.9 Å². The number of halogens is 2. The number of hydrogen-bond donors (Lipinski definition) is 1. The van der Waals surface area contributed by atoms with E-state index >= 15 is 0 Å². The van der Waals surface area contributed by atoms with E-state index in [4.69, 9.17) is 5.73 Å². The third-order valence-electron chi connectivity index (χ3n) is 1.87. The molecular formula is C9H11BrClN3. The van der Waals surface area contributed by atoms with E-state index in [0.717, 1.165) is 22.2 Å². The molecule has 0 aliphatic heterocycles. The van der Waals surface area contributed by atoms with Crippen molar-refractivity contribution in [1.29, 1.82) is 0 Å². The number of aromatic nitrogens is 2. The Hall–Kier alpha value is -0.580. The number of rotatable bonds is 2. The summed E-state index contributed by atoms with van der Waals surface area (Å²) in [6.07, 6.45) is 4.83. The van der Waals surface area contributed by atoms with Gasteiger partial charge in [0.25, 0.3) is 0 Å². The van der Waals surface area contributed by atoms with Crippen LogP contribution >= 0.6 is 28.3 Å². The van der Waals surface area contributed by atoms with Crippen LogP contribution in [-0.2, 0) is 6.42 Å². The molecule has 0 saturated heterocycles. The van der Waals surface area contributed by atoms with Crippen molar-refractivity contribution in [1.82, 2.24) is 9.38 Å². The van der Waals surface area contributed by atoms with Gasteiger partial charge in [0.05, 0.1) is 5.69 Å². The Balaban J connectivity index is 0.000000980. The molecule has 2 aromatic heterocycles. The van der Waals surface area contributed by atoms with Gasteiger partial charge in [-0.3, -0.25) is 0 Å². The standard InChI is InChI=1S/C9H10BrN3.ClH/c10-7-1-2-9-12-8(3-4-11)6-13(9)5-7;/h1-2,5-6H,3-4,11H2;1H. The molecule has 76 valence electrons. The van der Waals surface area contributed by atoms with Crippen LogP contribution in [0.3, 0.4) is 0 Å². The molecule has 0 atom stereocenters. The minimum Gasteiger partial charge on any atom is -0.330 e. The summed E-state index contributed by atoms with van der Waals surface area (Å²) >= 11 is 3.41. The summed E-state index contributed by atoms with van der Waals surface area (Å²) in [5, 5.41) is 0. The molecule has 0 unspecified atom stereocenters. The summed E-state index contributed by atoms with van der Waals surface area (Å²) in [6.45, 7) is 0.644. The minimum atomic E-state index is 0. The quantitative estimate of drug-likeness (QED) is 0.912. The lowest BCUT2D eigenvalue weighted by atomic mass is 10.3. The van der Waals surface area contributed by atoms with Gasteiger partial charge >= 0.3 is 0 Å². The molecule has 0 spiro atoms. The maximum atomic E-state index is 5.45. The summed E-state index contributed by atoms with van der Waals surface area (Å²) in [6, 6.07) is 3.96. The molecule has 0 bridgehead atoms. The van der Waals surface area contributed by atoms with Crippen LogP contribution in [0.15, 0.2) is 29.0 Å². The van der Waals surface area contributed by atoms with Gasteiger partial charge in [0.15, 0.2) is 0 Å². The average Bonchev–Trinajstić information content (AvgIpc) is 2.46. The highest BCUT2D eigenvalue weighted by molar-refractivity contribution is 9.10. The highest BCUT2D eigenvalue weighted by Gasteiger charge is 1.99. The van der Waals surface area contributed by atoms with E-state index in [0.29, 0.717) is 6.54 Å².